The molecule has 1 aliphatic rings. The Kier molecular flexibility index (Phi) is 4.30. The summed E-state index contributed by atoms with van der Waals surface area (Å²) in [6, 6.07) is 6.95. The van der Waals surface area contributed by atoms with Gasteiger partial charge in [-0.15, -0.1) is 0 Å². The first-order valence-electron chi connectivity index (χ1n) is 6.43. The van der Waals surface area contributed by atoms with Gasteiger partial charge in [-0.2, -0.15) is 0 Å². The lowest BCUT2D eigenvalue weighted by atomic mass is 10.1. The van der Waals surface area contributed by atoms with E-state index >= 15 is 0 Å². The highest BCUT2D eigenvalue weighted by atomic mass is 79.9. The van der Waals surface area contributed by atoms with Crippen LogP contribution in [-0.4, -0.2) is 38.1 Å². The lowest BCUT2D eigenvalue weighted by Crippen LogP contribution is -2.34. The van der Waals surface area contributed by atoms with Gasteiger partial charge in [-0.25, -0.2) is 0 Å². The fraction of sp³-hybridized carbons (Fsp3) is 0.571. The van der Waals surface area contributed by atoms with Gasteiger partial charge in [0.1, 0.15) is 0 Å². The largest absolute Gasteiger partial charge is 0.369 e. The molecule has 1 heterocycles. The zero-order valence-corrected chi connectivity index (χ0v) is 12.9. The summed E-state index contributed by atoms with van der Waals surface area (Å²) in [5, 5.41) is 0. The summed E-state index contributed by atoms with van der Waals surface area (Å²) >= 11 is 3.60. The number of halogens is 1. The number of nitrogens with two attached hydrogens (primary N) is 1. The van der Waals surface area contributed by atoms with Crippen molar-refractivity contribution >= 4 is 21.6 Å². The Hall–Kier alpha value is -0.580. The van der Waals surface area contributed by atoms with Crippen molar-refractivity contribution in [3.63, 3.8) is 0 Å². The summed E-state index contributed by atoms with van der Waals surface area (Å²) in [7, 11) is 4.32. The Bertz CT molecular complexity index is 420. The first-order chi connectivity index (χ1) is 8.54. The molecule has 2 atom stereocenters. The fourth-order valence-corrected chi connectivity index (χ4v) is 3.38. The highest BCUT2D eigenvalue weighted by molar-refractivity contribution is 9.10. The number of hydrogen-bond acceptors (Lipinski definition) is 3. The third-order valence-electron chi connectivity index (χ3n) is 3.87. The van der Waals surface area contributed by atoms with E-state index in [1.807, 2.05) is 0 Å². The molecule has 0 aliphatic carbocycles. The molecule has 1 aromatic rings. The van der Waals surface area contributed by atoms with Crippen molar-refractivity contribution in [3.05, 3.63) is 28.2 Å². The van der Waals surface area contributed by atoms with Crippen LogP contribution in [0.15, 0.2) is 22.7 Å². The van der Waals surface area contributed by atoms with Gasteiger partial charge in [0.05, 0.1) is 0 Å². The van der Waals surface area contributed by atoms with E-state index in [0.29, 0.717) is 18.5 Å². The van der Waals surface area contributed by atoms with Gasteiger partial charge in [0, 0.05) is 41.4 Å². The molecule has 0 aromatic heterocycles. The predicted molar refractivity (Wildman–Crippen MR) is 80.9 cm³/mol. The molecule has 100 valence electrons. The average molecular weight is 312 g/mol. The first kappa shape index (κ1) is 13.8. The van der Waals surface area contributed by atoms with Crippen molar-refractivity contribution in [3.8, 4) is 0 Å². The molecule has 18 heavy (non-hydrogen) atoms. The molecular formula is C14H22BrN3. The Balaban J connectivity index is 2.26. The number of nitrogens with zero attached hydrogens (tertiary/aromatic N) is 2. The molecular weight excluding hydrogens is 290 g/mol. The normalized spacial score (nSPS) is 24.0. The molecule has 1 aliphatic heterocycles. The van der Waals surface area contributed by atoms with Crippen LogP contribution in [0, 0.1) is 5.92 Å². The van der Waals surface area contributed by atoms with Crippen molar-refractivity contribution < 1.29 is 0 Å². The molecule has 0 spiro atoms. The lowest BCUT2D eigenvalue weighted by molar-refractivity contribution is 0.266. The van der Waals surface area contributed by atoms with E-state index in [1.165, 1.54) is 11.3 Å². The topological polar surface area (TPSA) is 32.5 Å². The maximum absolute atomic E-state index is 5.88. The van der Waals surface area contributed by atoms with Crippen molar-refractivity contribution in [1.29, 1.82) is 0 Å². The third kappa shape index (κ3) is 2.56. The van der Waals surface area contributed by atoms with Crippen LogP contribution in [-0.2, 0) is 6.54 Å². The predicted octanol–water partition coefficient (Wildman–Crippen LogP) is 2.29. The Morgan fingerprint density at radius 2 is 2.11 bits per heavy atom. The summed E-state index contributed by atoms with van der Waals surface area (Å²) in [5.74, 6) is 0.685. The van der Waals surface area contributed by atoms with Crippen molar-refractivity contribution in [2.45, 2.75) is 19.5 Å². The monoisotopic (exact) mass is 311 g/mol. The van der Waals surface area contributed by atoms with Crippen LogP contribution >= 0.6 is 15.9 Å². The molecule has 1 aromatic carbocycles. The van der Waals surface area contributed by atoms with Gasteiger partial charge in [-0.05, 0) is 32.1 Å². The Labute approximate surface area is 118 Å². The van der Waals surface area contributed by atoms with E-state index < -0.39 is 0 Å². The standard InChI is InChI=1S/C14H22BrN3/c1-10-8-18(9-14(10)17(2)3)13-6-4-5-12(15)11(13)7-16/h4-6,10,14H,7-9,16H2,1-3H3. The van der Waals surface area contributed by atoms with Gasteiger partial charge in [0.15, 0.2) is 0 Å². The van der Waals surface area contributed by atoms with Crippen LogP contribution in [0.25, 0.3) is 0 Å². The maximum Gasteiger partial charge on any atom is 0.0423 e. The minimum absolute atomic E-state index is 0.578. The molecule has 4 heteroatoms. The summed E-state index contributed by atoms with van der Waals surface area (Å²) in [6.45, 7) is 5.09. The number of benzene rings is 1. The van der Waals surface area contributed by atoms with E-state index in [-0.39, 0.29) is 0 Å². The summed E-state index contributed by atoms with van der Waals surface area (Å²) in [6.07, 6.45) is 0. The van der Waals surface area contributed by atoms with Crippen LogP contribution in [0.3, 0.4) is 0 Å². The third-order valence-corrected chi connectivity index (χ3v) is 4.62. The van der Waals surface area contributed by atoms with Crippen LogP contribution < -0.4 is 10.6 Å². The Morgan fingerprint density at radius 1 is 1.39 bits per heavy atom. The molecule has 0 saturated carbocycles. The van der Waals surface area contributed by atoms with Crippen molar-refractivity contribution in [2.75, 3.05) is 32.1 Å². The number of rotatable bonds is 3. The first-order valence-corrected chi connectivity index (χ1v) is 7.22. The zero-order valence-electron chi connectivity index (χ0n) is 11.4. The SMILES string of the molecule is CC1CN(c2cccc(Br)c2CN)CC1N(C)C. The van der Waals surface area contributed by atoms with Crippen LogP contribution in [0.2, 0.25) is 0 Å². The molecule has 1 saturated heterocycles. The second-order valence-electron chi connectivity index (χ2n) is 5.35. The Morgan fingerprint density at radius 3 is 2.67 bits per heavy atom. The van der Waals surface area contributed by atoms with Crippen LogP contribution in [0.1, 0.15) is 12.5 Å². The minimum atomic E-state index is 0.578. The molecule has 2 unspecified atom stereocenters. The quantitative estimate of drug-likeness (QED) is 0.929. The average Bonchev–Trinajstić information content (AvgIpc) is 2.71. The van der Waals surface area contributed by atoms with Crippen LogP contribution in [0.4, 0.5) is 5.69 Å². The van der Waals surface area contributed by atoms with E-state index in [9.17, 15) is 0 Å². The number of likely N-dealkylation sites (N-methyl/N-ethyl adjacent to an activating group) is 1. The summed E-state index contributed by atoms with van der Waals surface area (Å²) in [4.78, 5) is 4.78. The summed E-state index contributed by atoms with van der Waals surface area (Å²) < 4.78 is 1.11. The fourth-order valence-electron chi connectivity index (χ4n) is 2.86. The van der Waals surface area contributed by atoms with Gasteiger partial charge in [-0.3, -0.25) is 0 Å². The molecule has 1 fully saturated rings. The van der Waals surface area contributed by atoms with E-state index in [1.54, 1.807) is 0 Å². The molecule has 0 bridgehead atoms. The van der Waals surface area contributed by atoms with Crippen molar-refractivity contribution in [1.82, 2.24) is 4.90 Å². The molecule has 2 N–H and O–H groups in total. The summed E-state index contributed by atoms with van der Waals surface area (Å²) in [5.41, 5.74) is 8.37. The van der Waals surface area contributed by atoms with Gasteiger partial charge >= 0.3 is 0 Å². The van der Waals surface area contributed by atoms with Crippen molar-refractivity contribution in [2.24, 2.45) is 11.7 Å². The maximum atomic E-state index is 5.88. The smallest absolute Gasteiger partial charge is 0.0423 e. The second-order valence-corrected chi connectivity index (χ2v) is 6.21. The van der Waals surface area contributed by atoms with Crippen LogP contribution in [0.5, 0.6) is 0 Å². The minimum Gasteiger partial charge on any atom is -0.369 e. The molecule has 0 radical (unpaired) electrons. The van der Waals surface area contributed by atoms with E-state index in [2.05, 4.69) is 64.9 Å². The number of hydrogen-bond donors (Lipinski definition) is 1. The highest BCUT2D eigenvalue weighted by Crippen LogP contribution is 2.32. The second kappa shape index (κ2) is 5.59. The van der Waals surface area contributed by atoms with Gasteiger partial charge in [0.2, 0.25) is 0 Å². The zero-order chi connectivity index (χ0) is 13.3. The van der Waals surface area contributed by atoms with Gasteiger partial charge in [-0.1, -0.05) is 28.9 Å². The molecule has 3 nitrogen and oxygen atoms in total. The lowest BCUT2D eigenvalue weighted by Gasteiger charge is -2.24. The number of anilines is 1. The van der Waals surface area contributed by atoms with Gasteiger partial charge in [0.25, 0.3) is 0 Å². The van der Waals surface area contributed by atoms with Gasteiger partial charge < -0.3 is 15.5 Å². The van der Waals surface area contributed by atoms with E-state index in [4.69, 9.17) is 5.73 Å². The molecule has 0 amide bonds. The molecule has 2 rings (SSSR count). The van der Waals surface area contributed by atoms with E-state index in [0.717, 1.165) is 17.6 Å². The highest BCUT2D eigenvalue weighted by Gasteiger charge is 2.31.